The molecule has 15 heavy (non-hydrogen) atoms. The molecule has 0 saturated carbocycles. The maximum absolute atomic E-state index is 13.8. The highest BCUT2D eigenvalue weighted by atomic mass is 35.5. The highest BCUT2D eigenvalue weighted by Gasteiger charge is 2.41. The number of alkyl halides is 1. The predicted octanol–water partition coefficient (Wildman–Crippen LogP) is 0.472. The minimum Gasteiger partial charge on any atom is -0.321 e. The van der Waals surface area contributed by atoms with Crippen LogP contribution in [0.5, 0.6) is 0 Å². The number of carbonyl (C=O) groups is 1. The Morgan fingerprint density at radius 1 is 1.67 bits per heavy atom. The van der Waals surface area contributed by atoms with Crippen LogP contribution in [0.2, 0.25) is 0 Å². The lowest BCUT2D eigenvalue weighted by Gasteiger charge is -2.16. The van der Waals surface area contributed by atoms with Gasteiger partial charge in [0.2, 0.25) is 5.67 Å². The molecule has 0 bridgehead atoms. The van der Waals surface area contributed by atoms with Gasteiger partial charge in [0.1, 0.15) is 0 Å². The Balaban J connectivity index is 0.00000112. The number of halogens is 2. The summed E-state index contributed by atoms with van der Waals surface area (Å²) in [6.45, 7) is 0.617. The molecule has 1 aromatic heterocycles. The zero-order chi connectivity index (χ0) is 10.0. The van der Waals surface area contributed by atoms with E-state index in [1.807, 2.05) is 0 Å². The third-order valence-corrected chi connectivity index (χ3v) is 2.27. The number of H-pyrrole nitrogens is 1. The zero-order valence-electron chi connectivity index (χ0n) is 7.92. The van der Waals surface area contributed by atoms with E-state index in [2.05, 4.69) is 20.8 Å². The molecule has 2 rings (SSSR count). The molecule has 1 aromatic rings. The van der Waals surface area contributed by atoms with Crippen molar-refractivity contribution >= 4 is 24.0 Å². The van der Waals surface area contributed by atoms with Crippen LogP contribution in [0.1, 0.15) is 6.42 Å². The smallest absolute Gasteiger partial charge is 0.263 e. The van der Waals surface area contributed by atoms with Crippen LogP contribution in [-0.2, 0) is 4.79 Å². The van der Waals surface area contributed by atoms with Crippen molar-refractivity contribution < 1.29 is 9.18 Å². The van der Waals surface area contributed by atoms with Gasteiger partial charge in [-0.25, -0.2) is 4.39 Å². The van der Waals surface area contributed by atoms with Crippen LogP contribution in [0.15, 0.2) is 12.4 Å². The van der Waals surface area contributed by atoms with Crippen molar-refractivity contribution in [2.75, 3.05) is 18.4 Å². The molecule has 1 aliphatic heterocycles. The van der Waals surface area contributed by atoms with E-state index < -0.39 is 11.6 Å². The zero-order valence-corrected chi connectivity index (χ0v) is 8.73. The molecule has 2 heterocycles. The molecule has 84 valence electrons. The quantitative estimate of drug-likeness (QED) is 0.697. The molecular weight excluding hydrogens is 223 g/mol. The first kappa shape index (κ1) is 11.9. The molecule has 0 radical (unpaired) electrons. The number of hydrogen-bond acceptors (Lipinski definition) is 3. The first-order valence-electron chi connectivity index (χ1n) is 4.41. The van der Waals surface area contributed by atoms with Gasteiger partial charge >= 0.3 is 0 Å². The van der Waals surface area contributed by atoms with Gasteiger partial charge in [-0.15, -0.1) is 12.4 Å². The average molecular weight is 235 g/mol. The molecule has 7 heteroatoms. The van der Waals surface area contributed by atoms with E-state index in [-0.39, 0.29) is 25.4 Å². The molecule has 1 atom stereocenters. The van der Waals surface area contributed by atoms with Crippen molar-refractivity contribution in [1.82, 2.24) is 15.5 Å². The number of rotatable bonds is 2. The van der Waals surface area contributed by atoms with Gasteiger partial charge in [-0.1, -0.05) is 0 Å². The number of nitrogens with zero attached hydrogens (tertiary/aromatic N) is 1. The van der Waals surface area contributed by atoms with E-state index >= 15 is 0 Å². The Bertz CT molecular complexity index is 323. The Kier molecular flexibility index (Phi) is 3.65. The summed E-state index contributed by atoms with van der Waals surface area (Å²) < 4.78 is 13.8. The first-order valence-corrected chi connectivity index (χ1v) is 4.41. The molecule has 1 unspecified atom stereocenters. The normalized spacial score (nSPS) is 24.6. The van der Waals surface area contributed by atoms with Gasteiger partial charge in [0, 0.05) is 19.2 Å². The molecule has 5 nitrogen and oxygen atoms in total. The van der Waals surface area contributed by atoms with Gasteiger partial charge in [-0.05, 0) is 6.54 Å². The van der Waals surface area contributed by atoms with Crippen LogP contribution in [0.3, 0.4) is 0 Å². The SMILES string of the molecule is Cl.O=C(Nc1cn[nH]c1)C1(F)CCNC1. The fourth-order valence-corrected chi connectivity index (χ4v) is 1.42. The molecule has 1 aliphatic rings. The van der Waals surface area contributed by atoms with Crippen molar-refractivity contribution in [1.29, 1.82) is 0 Å². The first-order chi connectivity index (χ1) is 6.71. The van der Waals surface area contributed by atoms with Crippen LogP contribution < -0.4 is 10.6 Å². The number of nitrogens with one attached hydrogen (secondary N) is 3. The Morgan fingerprint density at radius 2 is 2.47 bits per heavy atom. The number of carbonyl (C=O) groups excluding carboxylic acids is 1. The van der Waals surface area contributed by atoms with Crippen molar-refractivity contribution in [2.24, 2.45) is 0 Å². The highest BCUT2D eigenvalue weighted by Crippen LogP contribution is 2.21. The molecular formula is C8H12ClFN4O. The number of anilines is 1. The van der Waals surface area contributed by atoms with Gasteiger partial charge in [-0.3, -0.25) is 9.89 Å². The van der Waals surface area contributed by atoms with E-state index in [1.165, 1.54) is 12.4 Å². The summed E-state index contributed by atoms with van der Waals surface area (Å²) in [5, 5.41) is 11.5. The fraction of sp³-hybridized carbons (Fsp3) is 0.500. The van der Waals surface area contributed by atoms with Gasteiger partial charge in [-0.2, -0.15) is 5.10 Å². The molecule has 3 N–H and O–H groups in total. The maximum atomic E-state index is 13.8. The number of aromatic nitrogens is 2. The largest absolute Gasteiger partial charge is 0.321 e. The lowest BCUT2D eigenvalue weighted by atomic mass is 10.1. The van der Waals surface area contributed by atoms with Gasteiger partial charge in [0.05, 0.1) is 11.9 Å². The third-order valence-electron chi connectivity index (χ3n) is 2.27. The van der Waals surface area contributed by atoms with E-state index in [9.17, 15) is 9.18 Å². The Labute approximate surface area is 92.2 Å². The summed E-state index contributed by atoms with van der Waals surface area (Å²) >= 11 is 0. The monoisotopic (exact) mass is 234 g/mol. The summed E-state index contributed by atoms with van der Waals surface area (Å²) in [6.07, 6.45) is 3.16. The van der Waals surface area contributed by atoms with Crippen molar-refractivity contribution in [2.45, 2.75) is 12.1 Å². The second-order valence-electron chi connectivity index (χ2n) is 3.33. The van der Waals surface area contributed by atoms with E-state index in [4.69, 9.17) is 0 Å². The number of hydrogen-bond donors (Lipinski definition) is 3. The van der Waals surface area contributed by atoms with Gasteiger partial charge in [0.15, 0.2) is 0 Å². The topological polar surface area (TPSA) is 69.8 Å². The predicted molar refractivity (Wildman–Crippen MR) is 55.8 cm³/mol. The van der Waals surface area contributed by atoms with Gasteiger partial charge in [0.25, 0.3) is 5.91 Å². The minimum absolute atomic E-state index is 0. The molecule has 1 fully saturated rings. The second kappa shape index (κ2) is 4.59. The molecule has 1 amide bonds. The molecule has 0 aliphatic carbocycles. The van der Waals surface area contributed by atoms with Crippen LogP contribution >= 0.6 is 12.4 Å². The number of amides is 1. The van der Waals surface area contributed by atoms with Crippen molar-refractivity contribution in [3.63, 3.8) is 0 Å². The molecule has 0 aromatic carbocycles. The second-order valence-corrected chi connectivity index (χ2v) is 3.33. The summed E-state index contributed by atoms with van der Waals surface area (Å²) in [6, 6.07) is 0. The summed E-state index contributed by atoms with van der Waals surface area (Å²) in [7, 11) is 0. The highest BCUT2D eigenvalue weighted by molar-refractivity contribution is 5.97. The Morgan fingerprint density at radius 3 is 3.00 bits per heavy atom. The molecule has 1 saturated heterocycles. The standard InChI is InChI=1S/C8H11FN4O.ClH/c9-8(1-2-10-5-8)7(14)13-6-3-11-12-4-6;/h3-4,10H,1-2,5H2,(H,11,12)(H,13,14);1H. The number of aromatic amines is 1. The lowest BCUT2D eigenvalue weighted by molar-refractivity contribution is -0.126. The van der Waals surface area contributed by atoms with E-state index in [0.29, 0.717) is 12.2 Å². The Hall–Kier alpha value is -1.14. The van der Waals surface area contributed by atoms with Crippen molar-refractivity contribution in [3.8, 4) is 0 Å². The fourth-order valence-electron chi connectivity index (χ4n) is 1.42. The van der Waals surface area contributed by atoms with Crippen LogP contribution in [0.4, 0.5) is 10.1 Å². The van der Waals surface area contributed by atoms with Crippen LogP contribution in [-0.4, -0.2) is 34.9 Å². The summed E-state index contributed by atoms with van der Waals surface area (Å²) in [5.41, 5.74) is -1.30. The maximum Gasteiger partial charge on any atom is 0.263 e. The summed E-state index contributed by atoms with van der Waals surface area (Å²) in [5.74, 6) is -0.607. The summed E-state index contributed by atoms with van der Waals surface area (Å²) in [4.78, 5) is 11.5. The van der Waals surface area contributed by atoms with E-state index in [0.717, 1.165) is 0 Å². The van der Waals surface area contributed by atoms with Crippen LogP contribution in [0, 0.1) is 0 Å². The third kappa shape index (κ3) is 2.45. The molecule has 0 spiro atoms. The lowest BCUT2D eigenvalue weighted by Crippen LogP contribution is -2.40. The minimum atomic E-state index is -1.78. The van der Waals surface area contributed by atoms with E-state index in [1.54, 1.807) is 0 Å². The van der Waals surface area contributed by atoms with Crippen LogP contribution in [0.25, 0.3) is 0 Å². The van der Waals surface area contributed by atoms with Gasteiger partial charge < -0.3 is 10.6 Å². The van der Waals surface area contributed by atoms with Crippen molar-refractivity contribution in [3.05, 3.63) is 12.4 Å². The average Bonchev–Trinajstić information content (AvgIpc) is 2.76.